The summed E-state index contributed by atoms with van der Waals surface area (Å²) in [5, 5.41) is 6.60. The Morgan fingerprint density at radius 3 is 2.67 bits per heavy atom. The van der Waals surface area contributed by atoms with E-state index >= 15 is 0 Å². The van der Waals surface area contributed by atoms with Gasteiger partial charge in [-0.25, -0.2) is 12.7 Å². The summed E-state index contributed by atoms with van der Waals surface area (Å²) in [7, 11) is 0.268. The van der Waals surface area contributed by atoms with Gasteiger partial charge in [0.1, 0.15) is 0 Å². The number of aryl methyl sites for hydroxylation is 1. The summed E-state index contributed by atoms with van der Waals surface area (Å²) in [5.41, 5.74) is 0. The second kappa shape index (κ2) is 10.0. The fraction of sp³-hybridized carbons (Fsp3) is 0.688. The Balaban J connectivity index is 2.32. The van der Waals surface area contributed by atoms with Crippen molar-refractivity contribution in [2.45, 2.75) is 39.7 Å². The van der Waals surface area contributed by atoms with Crippen molar-refractivity contribution >= 4 is 27.3 Å². The van der Waals surface area contributed by atoms with E-state index in [0.29, 0.717) is 13.1 Å². The number of aliphatic imine (C=N–C) groups is 1. The first-order valence-electron chi connectivity index (χ1n) is 8.25. The molecule has 1 unspecified atom stereocenters. The van der Waals surface area contributed by atoms with E-state index in [2.05, 4.69) is 41.6 Å². The Hall–Kier alpha value is -1.12. The van der Waals surface area contributed by atoms with Crippen LogP contribution in [-0.4, -0.2) is 57.7 Å². The molecule has 0 aliphatic rings. The quantitative estimate of drug-likeness (QED) is 0.393. The maximum Gasteiger partial charge on any atom is 0.213 e. The maximum absolute atomic E-state index is 11.7. The zero-order valence-electron chi connectivity index (χ0n) is 15.3. The zero-order chi connectivity index (χ0) is 18.2. The van der Waals surface area contributed by atoms with E-state index in [1.54, 1.807) is 21.0 Å². The monoisotopic (exact) mass is 374 g/mol. The van der Waals surface area contributed by atoms with Crippen molar-refractivity contribution in [2.24, 2.45) is 4.99 Å². The third kappa shape index (κ3) is 7.19. The van der Waals surface area contributed by atoms with Crippen LogP contribution >= 0.6 is 11.3 Å². The molecule has 6 nitrogen and oxygen atoms in total. The molecule has 0 bridgehead atoms. The average molecular weight is 375 g/mol. The predicted molar refractivity (Wildman–Crippen MR) is 103 cm³/mol. The summed E-state index contributed by atoms with van der Waals surface area (Å²) < 4.78 is 24.8. The number of nitrogens with zero attached hydrogens (tertiary/aromatic N) is 2. The molecule has 1 aromatic heterocycles. The lowest BCUT2D eigenvalue weighted by molar-refractivity contribution is 0.461. The highest BCUT2D eigenvalue weighted by atomic mass is 32.2. The minimum atomic E-state index is -3.10. The second-order valence-corrected chi connectivity index (χ2v) is 9.57. The number of rotatable bonds is 9. The van der Waals surface area contributed by atoms with Gasteiger partial charge in [-0.05, 0) is 39.3 Å². The van der Waals surface area contributed by atoms with Crippen LogP contribution in [0.15, 0.2) is 17.1 Å². The Morgan fingerprint density at radius 1 is 1.42 bits per heavy atom. The highest BCUT2D eigenvalue weighted by Gasteiger charge is 2.14. The van der Waals surface area contributed by atoms with Crippen LogP contribution in [0.25, 0.3) is 0 Å². The van der Waals surface area contributed by atoms with Crippen molar-refractivity contribution in [1.29, 1.82) is 0 Å². The van der Waals surface area contributed by atoms with E-state index in [4.69, 9.17) is 0 Å². The summed E-state index contributed by atoms with van der Waals surface area (Å²) in [5.74, 6) is 0.886. The van der Waals surface area contributed by atoms with Crippen LogP contribution in [0.5, 0.6) is 0 Å². The van der Waals surface area contributed by atoms with Crippen LogP contribution in [0.2, 0.25) is 0 Å². The van der Waals surface area contributed by atoms with Crippen molar-refractivity contribution in [3.63, 3.8) is 0 Å². The molecule has 0 spiro atoms. The van der Waals surface area contributed by atoms with Crippen molar-refractivity contribution < 1.29 is 8.42 Å². The fourth-order valence-electron chi connectivity index (χ4n) is 2.24. The third-order valence-corrected chi connectivity index (χ3v) is 6.58. The van der Waals surface area contributed by atoms with E-state index < -0.39 is 10.0 Å². The minimum Gasteiger partial charge on any atom is -0.356 e. The summed E-state index contributed by atoms with van der Waals surface area (Å²) >= 11 is 1.82. The van der Waals surface area contributed by atoms with Crippen LogP contribution in [-0.2, 0) is 16.4 Å². The molecule has 2 N–H and O–H groups in total. The molecule has 24 heavy (non-hydrogen) atoms. The number of hydrogen-bond acceptors (Lipinski definition) is 4. The van der Waals surface area contributed by atoms with Crippen LogP contribution in [0.3, 0.4) is 0 Å². The molecule has 0 amide bonds. The van der Waals surface area contributed by atoms with Crippen LogP contribution < -0.4 is 10.6 Å². The molecule has 8 heteroatoms. The molecule has 0 radical (unpaired) electrons. The second-order valence-electron chi connectivity index (χ2n) is 5.84. The van der Waals surface area contributed by atoms with Gasteiger partial charge in [0, 0.05) is 49.4 Å². The first-order chi connectivity index (χ1) is 11.3. The molecule has 0 aliphatic heterocycles. The van der Waals surface area contributed by atoms with Crippen LogP contribution in [0.1, 0.15) is 30.0 Å². The van der Waals surface area contributed by atoms with E-state index in [1.807, 2.05) is 11.3 Å². The van der Waals surface area contributed by atoms with Gasteiger partial charge in [0.05, 0.1) is 5.75 Å². The first kappa shape index (κ1) is 20.9. The van der Waals surface area contributed by atoms with Gasteiger partial charge in [-0.2, -0.15) is 0 Å². The van der Waals surface area contributed by atoms with Gasteiger partial charge in [0.25, 0.3) is 0 Å². The Labute approximate surface area is 150 Å². The molecule has 1 aromatic rings. The van der Waals surface area contributed by atoms with Gasteiger partial charge >= 0.3 is 0 Å². The largest absolute Gasteiger partial charge is 0.356 e. The molecule has 0 saturated carbocycles. The standard InChI is InChI=1S/C16H30N4O2S2/c1-6-24(21,22)20(5)11-7-10-18-16(17-4)19-13(2)12-15-9-8-14(3)23-15/h8-9,13H,6-7,10-12H2,1-5H3,(H2,17,18,19). The Bertz CT molecular complexity index is 626. The number of sulfonamides is 1. The molecule has 0 saturated heterocycles. The van der Waals surface area contributed by atoms with E-state index in [-0.39, 0.29) is 11.8 Å². The van der Waals surface area contributed by atoms with Crippen molar-refractivity contribution in [3.8, 4) is 0 Å². The topological polar surface area (TPSA) is 73.8 Å². The molecular weight excluding hydrogens is 344 g/mol. The molecule has 0 aromatic carbocycles. The van der Waals surface area contributed by atoms with Gasteiger partial charge in [-0.3, -0.25) is 4.99 Å². The normalized spacial score (nSPS) is 14.0. The van der Waals surface area contributed by atoms with Crippen molar-refractivity contribution in [2.75, 3.05) is 32.9 Å². The number of nitrogens with one attached hydrogen (secondary N) is 2. The number of thiophene rings is 1. The third-order valence-electron chi connectivity index (χ3n) is 3.69. The predicted octanol–water partition coefficient (Wildman–Crippen LogP) is 1.82. The zero-order valence-corrected chi connectivity index (χ0v) is 16.9. The summed E-state index contributed by atoms with van der Waals surface area (Å²) in [4.78, 5) is 6.90. The van der Waals surface area contributed by atoms with Gasteiger partial charge in [-0.15, -0.1) is 11.3 Å². The minimum absolute atomic E-state index is 0.139. The lowest BCUT2D eigenvalue weighted by Gasteiger charge is -2.19. The lowest BCUT2D eigenvalue weighted by atomic mass is 10.2. The number of hydrogen-bond donors (Lipinski definition) is 2. The van der Waals surface area contributed by atoms with Gasteiger partial charge in [0.15, 0.2) is 5.96 Å². The maximum atomic E-state index is 11.7. The molecule has 0 aliphatic carbocycles. The summed E-state index contributed by atoms with van der Waals surface area (Å²) in [6.45, 7) is 7.08. The fourth-order valence-corrected chi connectivity index (χ4v) is 4.11. The Kier molecular flexibility index (Phi) is 8.72. The van der Waals surface area contributed by atoms with Crippen LogP contribution in [0, 0.1) is 6.92 Å². The smallest absolute Gasteiger partial charge is 0.213 e. The SMILES string of the molecule is CCS(=O)(=O)N(C)CCCNC(=NC)NC(C)Cc1ccc(C)s1. The molecule has 138 valence electrons. The Morgan fingerprint density at radius 2 is 2.12 bits per heavy atom. The van der Waals surface area contributed by atoms with Crippen LogP contribution in [0.4, 0.5) is 0 Å². The van der Waals surface area contributed by atoms with Crippen molar-refractivity contribution in [1.82, 2.24) is 14.9 Å². The van der Waals surface area contributed by atoms with Crippen molar-refractivity contribution in [3.05, 3.63) is 21.9 Å². The van der Waals surface area contributed by atoms with E-state index in [9.17, 15) is 8.42 Å². The van der Waals surface area contributed by atoms with E-state index in [0.717, 1.165) is 18.8 Å². The lowest BCUT2D eigenvalue weighted by Crippen LogP contribution is -2.43. The highest BCUT2D eigenvalue weighted by molar-refractivity contribution is 7.89. The van der Waals surface area contributed by atoms with Gasteiger partial charge < -0.3 is 10.6 Å². The highest BCUT2D eigenvalue weighted by Crippen LogP contribution is 2.16. The molecule has 1 rings (SSSR count). The van der Waals surface area contributed by atoms with Gasteiger partial charge in [0.2, 0.25) is 10.0 Å². The van der Waals surface area contributed by atoms with E-state index in [1.165, 1.54) is 14.1 Å². The summed E-state index contributed by atoms with van der Waals surface area (Å²) in [6.07, 6.45) is 1.69. The average Bonchev–Trinajstić information content (AvgIpc) is 2.94. The van der Waals surface area contributed by atoms with Gasteiger partial charge in [-0.1, -0.05) is 0 Å². The molecule has 0 fully saturated rings. The molecule has 1 atom stereocenters. The first-order valence-corrected chi connectivity index (χ1v) is 10.7. The molecule has 1 heterocycles. The summed E-state index contributed by atoms with van der Waals surface area (Å²) in [6, 6.07) is 4.58. The molecular formula is C16H30N4O2S2. The number of guanidine groups is 1.